The van der Waals surface area contributed by atoms with Crippen LogP contribution in [0.5, 0.6) is 5.75 Å². The van der Waals surface area contributed by atoms with Crippen LogP contribution >= 0.6 is 11.6 Å². The molecule has 0 fully saturated rings. The predicted molar refractivity (Wildman–Crippen MR) is 52.4 cm³/mol. The molecule has 0 unspecified atom stereocenters. The van der Waals surface area contributed by atoms with E-state index in [2.05, 4.69) is 0 Å². The third-order valence-electron chi connectivity index (χ3n) is 1.79. The SMILES string of the molecule is O=C(CCl)Nc1cc(C(F)(F)F)c(F)cc1O. The van der Waals surface area contributed by atoms with E-state index in [1.165, 1.54) is 0 Å². The van der Waals surface area contributed by atoms with Crippen molar-refractivity contribution in [3.63, 3.8) is 0 Å². The molecule has 1 aromatic carbocycles. The molecule has 0 aliphatic heterocycles. The lowest BCUT2D eigenvalue weighted by Gasteiger charge is -2.12. The van der Waals surface area contributed by atoms with Gasteiger partial charge >= 0.3 is 6.18 Å². The highest BCUT2D eigenvalue weighted by Crippen LogP contribution is 2.36. The lowest BCUT2D eigenvalue weighted by atomic mass is 10.1. The number of phenolic OH excluding ortho intramolecular Hbond substituents is 1. The van der Waals surface area contributed by atoms with Crippen molar-refractivity contribution in [2.45, 2.75) is 6.18 Å². The van der Waals surface area contributed by atoms with Crippen molar-refractivity contribution >= 4 is 23.2 Å². The highest BCUT2D eigenvalue weighted by Gasteiger charge is 2.35. The van der Waals surface area contributed by atoms with Crippen LogP contribution in [0.1, 0.15) is 5.56 Å². The summed E-state index contributed by atoms with van der Waals surface area (Å²) in [6, 6.07) is 0.571. The smallest absolute Gasteiger partial charge is 0.419 e. The third kappa shape index (κ3) is 3.23. The van der Waals surface area contributed by atoms with E-state index < -0.39 is 40.8 Å². The van der Waals surface area contributed by atoms with Gasteiger partial charge in [-0.15, -0.1) is 11.6 Å². The molecule has 0 saturated carbocycles. The second kappa shape index (κ2) is 4.79. The fourth-order valence-electron chi connectivity index (χ4n) is 1.06. The summed E-state index contributed by atoms with van der Waals surface area (Å²) in [5.41, 5.74) is -2.13. The molecule has 0 bridgehead atoms. The van der Waals surface area contributed by atoms with Gasteiger partial charge in [-0.3, -0.25) is 4.79 Å². The Kier molecular flexibility index (Phi) is 3.82. The molecule has 8 heteroatoms. The molecule has 0 saturated heterocycles. The van der Waals surface area contributed by atoms with Crippen molar-refractivity contribution < 1.29 is 27.5 Å². The van der Waals surface area contributed by atoms with E-state index in [1.807, 2.05) is 5.32 Å². The summed E-state index contributed by atoms with van der Waals surface area (Å²) in [5.74, 6) is -3.76. The second-order valence-electron chi connectivity index (χ2n) is 3.03. The Labute approximate surface area is 98.0 Å². The molecule has 0 aliphatic rings. The first-order valence-electron chi connectivity index (χ1n) is 4.21. The molecular formula is C9H6ClF4NO2. The summed E-state index contributed by atoms with van der Waals surface area (Å²) in [6.07, 6.45) is -4.92. The van der Waals surface area contributed by atoms with E-state index in [9.17, 15) is 22.4 Å². The quantitative estimate of drug-likeness (QED) is 0.494. The molecule has 0 aliphatic carbocycles. The fraction of sp³-hybridized carbons (Fsp3) is 0.222. The number of hydrogen-bond donors (Lipinski definition) is 2. The largest absolute Gasteiger partial charge is 0.506 e. The molecule has 3 nitrogen and oxygen atoms in total. The van der Waals surface area contributed by atoms with Crippen LogP contribution in [-0.4, -0.2) is 16.9 Å². The molecule has 0 radical (unpaired) electrons. The van der Waals surface area contributed by atoms with Gasteiger partial charge in [0.25, 0.3) is 0 Å². The van der Waals surface area contributed by atoms with E-state index >= 15 is 0 Å². The average molecular weight is 272 g/mol. The fourth-order valence-corrected chi connectivity index (χ4v) is 1.13. The highest BCUT2D eigenvalue weighted by molar-refractivity contribution is 6.29. The molecule has 1 amide bonds. The van der Waals surface area contributed by atoms with Crippen LogP contribution in [0.2, 0.25) is 0 Å². The van der Waals surface area contributed by atoms with Crippen molar-refractivity contribution in [2.75, 3.05) is 11.2 Å². The lowest BCUT2D eigenvalue weighted by molar-refractivity contribution is -0.140. The van der Waals surface area contributed by atoms with Gasteiger partial charge in [0.2, 0.25) is 5.91 Å². The van der Waals surface area contributed by atoms with E-state index in [1.54, 1.807) is 0 Å². The number of carbonyl (C=O) groups excluding carboxylic acids is 1. The second-order valence-corrected chi connectivity index (χ2v) is 3.30. The number of aromatic hydroxyl groups is 1. The van der Waals surface area contributed by atoms with Crippen LogP contribution in [0, 0.1) is 5.82 Å². The zero-order chi connectivity index (χ0) is 13.2. The summed E-state index contributed by atoms with van der Waals surface area (Å²) in [6.45, 7) is 0. The molecule has 0 spiro atoms. The van der Waals surface area contributed by atoms with Gasteiger partial charge in [-0.2, -0.15) is 13.2 Å². The van der Waals surface area contributed by atoms with Crippen molar-refractivity contribution in [2.24, 2.45) is 0 Å². The van der Waals surface area contributed by atoms with Crippen LogP contribution in [0.4, 0.5) is 23.2 Å². The summed E-state index contributed by atoms with van der Waals surface area (Å²) in [7, 11) is 0. The van der Waals surface area contributed by atoms with Crippen molar-refractivity contribution in [1.82, 2.24) is 0 Å². The van der Waals surface area contributed by atoms with Crippen LogP contribution in [0.25, 0.3) is 0 Å². The Morgan fingerprint density at radius 3 is 2.47 bits per heavy atom. The number of alkyl halides is 4. The maximum Gasteiger partial charge on any atom is 0.419 e. The molecule has 1 aromatic rings. The standard InChI is InChI=1S/C9H6ClF4NO2/c10-3-8(17)15-6-1-4(9(12,13)14)5(11)2-7(6)16/h1-2,16H,3H2,(H,15,17). The first kappa shape index (κ1) is 13.6. The van der Waals surface area contributed by atoms with E-state index in [4.69, 9.17) is 16.7 Å². The Morgan fingerprint density at radius 1 is 1.41 bits per heavy atom. The van der Waals surface area contributed by atoms with Crippen LogP contribution < -0.4 is 5.32 Å². The maximum atomic E-state index is 12.9. The first-order valence-corrected chi connectivity index (χ1v) is 4.74. The molecule has 0 aromatic heterocycles. The van der Waals surface area contributed by atoms with Gasteiger partial charge in [-0.25, -0.2) is 4.39 Å². The number of anilines is 1. The highest BCUT2D eigenvalue weighted by atomic mass is 35.5. The summed E-state index contributed by atoms with van der Waals surface area (Å²) >= 11 is 5.13. The number of carbonyl (C=O) groups is 1. The minimum absolute atomic E-state index is 0.271. The Hall–Kier alpha value is -1.50. The number of phenols is 1. The Balaban J connectivity index is 3.20. The van der Waals surface area contributed by atoms with Gasteiger partial charge in [0.05, 0.1) is 11.3 Å². The number of rotatable bonds is 2. The van der Waals surface area contributed by atoms with Crippen molar-refractivity contribution in [1.29, 1.82) is 0 Å². The van der Waals surface area contributed by atoms with Gasteiger partial charge in [-0.1, -0.05) is 0 Å². The molecule has 0 heterocycles. The monoisotopic (exact) mass is 271 g/mol. The van der Waals surface area contributed by atoms with Gasteiger partial charge < -0.3 is 10.4 Å². The summed E-state index contributed by atoms with van der Waals surface area (Å²) in [4.78, 5) is 10.9. The average Bonchev–Trinajstić information content (AvgIpc) is 2.19. The first-order chi connectivity index (χ1) is 7.75. The molecule has 1 rings (SSSR count). The number of amides is 1. The van der Waals surface area contributed by atoms with E-state index in [-0.39, 0.29) is 6.07 Å². The number of hydrogen-bond acceptors (Lipinski definition) is 2. The summed E-state index contributed by atoms with van der Waals surface area (Å²) in [5, 5.41) is 11.1. The topological polar surface area (TPSA) is 49.3 Å². The van der Waals surface area contributed by atoms with Crippen LogP contribution in [0.3, 0.4) is 0 Å². The minimum atomic E-state index is -4.92. The number of benzene rings is 1. The van der Waals surface area contributed by atoms with Gasteiger partial charge in [0.1, 0.15) is 17.4 Å². The maximum absolute atomic E-state index is 12.9. The molecular weight excluding hydrogens is 266 g/mol. The van der Waals surface area contributed by atoms with Gasteiger partial charge in [0.15, 0.2) is 0 Å². The van der Waals surface area contributed by atoms with E-state index in [0.29, 0.717) is 6.07 Å². The number of nitrogens with one attached hydrogen (secondary N) is 1. The van der Waals surface area contributed by atoms with Crippen molar-refractivity contribution in [3.8, 4) is 5.75 Å². The van der Waals surface area contributed by atoms with E-state index in [0.717, 1.165) is 0 Å². The molecule has 17 heavy (non-hydrogen) atoms. The van der Waals surface area contributed by atoms with Crippen LogP contribution in [-0.2, 0) is 11.0 Å². The summed E-state index contributed by atoms with van der Waals surface area (Å²) < 4.78 is 49.9. The minimum Gasteiger partial charge on any atom is -0.506 e. The van der Waals surface area contributed by atoms with Gasteiger partial charge in [-0.05, 0) is 6.07 Å². The van der Waals surface area contributed by atoms with Crippen molar-refractivity contribution in [3.05, 3.63) is 23.5 Å². The third-order valence-corrected chi connectivity index (χ3v) is 2.03. The zero-order valence-corrected chi connectivity index (χ0v) is 8.86. The van der Waals surface area contributed by atoms with Crippen LogP contribution in [0.15, 0.2) is 12.1 Å². The molecule has 2 N–H and O–H groups in total. The van der Waals surface area contributed by atoms with Gasteiger partial charge in [0, 0.05) is 6.07 Å². The predicted octanol–water partition coefficient (Wildman–Crippen LogP) is 2.73. The lowest BCUT2D eigenvalue weighted by Crippen LogP contribution is -2.15. The molecule has 0 atom stereocenters. The Morgan fingerprint density at radius 2 is 2.00 bits per heavy atom. The number of halogens is 5. The zero-order valence-electron chi connectivity index (χ0n) is 8.11. The Bertz CT molecular complexity index is 447. The molecule has 94 valence electrons. The normalized spacial score (nSPS) is 11.4.